The van der Waals surface area contributed by atoms with Crippen LogP contribution in [0.5, 0.6) is 0 Å². The summed E-state index contributed by atoms with van der Waals surface area (Å²) < 4.78 is 0. The highest BCUT2D eigenvalue weighted by atomic mass is 16.2. The minimum Gasteiger partial charge on any atom is -0.369 e. The number of nitrogens with one attached hydrogen (secondary N) is 2. The van der Waals surface area contributed by atoms with Crippen LogP contribution >= 0.6 is 0 Å². The second-order valence-electron chi connectivity index (χ2n) is 6.62. The summed E-state index contributed by atoms with van der Waals surface area (Å²) >= 11 is 0. The summed E-state index contributed by atoms with van der Waals surface area (Å²) in [5.41, 5.74) is 1.89. The van der Waals surface area contributed by atoms with Crippen LogP contribution in [0.4, 0.5) is 11.4 Å². The molecule has 2 amide bonds. The van der Waals surface area contributed by atoms with E-state index in [1.165, 1.54) is 5.69 Å². The number of rotatable bonds is 8. The number of amides is 2. The first-order valence-electron chi connectivity index (χ1n) is 9.18. The zero-order chi connectivity index (χ0) is 18.1. The van der Waals surface area contributed by atoms with Crippen LogP contribution in [0.1, 0.15) is 32.6 Å². The van der Waals surface area contributed by atoms with Crippen LogP contribution in [0.3, 0.4) is 0 Å². The Hall–Kier alpha value is -2.08. The van der Waals surface area contributed by atoms with E-state index in [0.717, 1.165) is 51.1 Å². The summed E-state index contributed by atoms with van der Waals surface area (Å²) in [6, 6.07) is 7.83. The van der Waals surface area contributed by atoms with E-state index in [0.29, 0.717) is 6.54 Å². The topological polar surface area (TPSA) is 64.7 Å². The third-order valence-electron chi connectivity index (χ3n) is 4.44. The monoisotopic (exact) mass is 346 g/mol. The number of nitrogens with zero attached hydrogens (tertiary/aromatic N) is 2. The van der Waals surface area contributed by atoms with Gasteiger partial charge >= 0.3 is 0 Å². The van der Waals surface area contributed by atoms with Gasteiger partial charge in [0.25, 0.3) is 0 Å². The fourth-order valence-corrected chi connectivity index (χ4v) is 2.84. The first kappa shape index (κ1) is 19.2. The number of piperazine rings is 1. The maximum absolute atomic E-state index is 11.9. The zero-order valence-electron chi connectivity index (χ0n) is 15.4. The van der Waals surface area contributed by atoms with Crippen molar-refractivity contribution in [1.82, 2.24) is 10.2 Å². The van der Waals surface area contributed by atoms with E-state index in [1.807, 2.05) is 24.3 Å². The number of hydrogen-bond donors (Lipinski definition) is 2. The Kier molecular flexibility index (Phi) is 7.73. The van der Waals surface area contributed by atoms with Gasteiger partial charge in [0.2, 0.25) is 11.8 Å². The molecule has 2 N–H and O–H groups in total. The van der Waals surface area contributed by atoms with Crippen LogP contribution in [0, 0.1) is 0 Å². The van der Waals surface area contributed by atoms with Crippen molar-refractivity contribution in [2.24, 2.45) is 0 Å². The highest BCUT2D eigenvalue weighted by Crippen LogP contribution is 2.19. The standard InChI is InChI=1S/C19H30N4O2/c1-3-4-5-10-20-18(24)15-19(25)21-16-6-8-17(9-7-16)23-13-11-22(2)12-14-23/h6-9H,3-5,10-15H2,1-2H3,(H,20,24)(H,21,25). The van der Waals surface area contributed by atoms with Gasteiger partial charge in [0.15, 0.2) is 0 Å². The van der Waals surface area contributed by atoms with Crippen molar-refractivity contribution in [1.29, 1.82) is 0 Å². The van der Waals surface area contributed by atoms with Crippen LogP contribution in [-0.2, 0) is 9.59 Å². The average molecular weight is 346 g/mol. The van der Waals surface area contributed by atoms with Crippen LogP contribution < -0.4 is 15.5 Å². The van der Waals surface area contributed by atoms with E-state index in [1.54, 1.807) is 0 Å². The molecule has 1 fully saturated rings. The van der Waals surface area contributed by atoms with Gasteiger partial charge in [-0.05, 0) is 37.7 Å². The Bertz CT molecular complexity index is 551. The van der Waals surface area contributed by atoms with Gasteiger partial charge in [0.1, 0.15) is 6.42 Å². The maximum Gasteiger partial charge on any atom is 0.233 e. The van der Waals surface area contributed by atoms with E-state index in [2.05, 4.69) is 34.4 Å². The first-order valence-corrected chi connectivity index (χ1v) is 9.18. The Balaban J connectivity index is 1.74. The third kappa shape index (κ3) is 6.74. The molecule has 1 heterocycles. The molecule has 6 nitrogen and oxygen atoms in total. The highest BCUT2D eigenvalue weighted by molar-refractivity contribution is 6.03. The van der Waals surface area contributed by atoms with E-state index in [-0.39, 0.29) is 18.2 Å². The molecule has 0 atom stereocenters. The number of anilines is 2. The summed E-state index contributed by atoms with van der Waals surface area (Å²) in [6.07, 6.45) is 3.02. The second kappa shape index (κ2) is 10.0. The number of unbranched alkanes of at least 4 members (excludes halogenated alkanes) is 2. The minimum absolute atomic E-state index is 0.133. The first-order chi connectivity index (χ1) is 12.1. The van der Waals surface area contributed by atoms with Crippen molar-refractivity contribution >= 4 is 23.2 Å². The second-order valence-corrected chi connectivity index (χ2v) is 6.62. The largest absolute Gasteiger partial charge is 0.369 e. The lowest BCUT2D eigenvalue weighted by molar-refractivity contribution is -0.126. The molecule has 0 saturated carbocycles. The van der Waals surface area contributed by atoms with Crippen LogP contribution in [0.2, 0.25) is 0 Å². The van der Waals surface area contributed by atoms with Gasteiger partial charge in [-0.15, -0.1) is 0 Å². The van der Waals surface area contributed by atoms with E-state index >= 15 is 0 Å². The molecule has 25 heavy (non-hydrogen) atoms. The summed E-state index contributed by atoms with van der Waals surface area (Å²) in [6.45, 7) is 6.91. The highest BCUT2D eigenvalue weighted by Gasteiger charge is 2.14. The van der Waals surface area contributed by atoms with Crippen molar-refractivity contribution in [2.45, 2.75) is 32.6 Å². The minimum atomic E-state index is -0.277. The van der Waals surface area contributed by atoms with Gasteiger partial charge in [-0.25, -0.2) is 0 Å². The van der Waals surface area contributed by atoms with Gasteiger partial charge in [0.05, 0.1) is 0 Å². The fourth-order valence-electron chi connectivity index (χ4n) is 2.84. The molecule has 0 bridgehead atoms. The molecule has 0 aliphatic carbocycles. The smallest absolute Gasteiger partial charge is 0.233 e. The summed E-state index contributed by atoms with van der Waals surface area (Å²) in [5, 5.41) is 5.56. The molecule has 0 unspecified atom stereocenters. The van der Waals surface area contributed by atoms with Crippen molar-refractivity contribution in [3.8, 4) is 0 Å². The van der Waals surface area contributed by atoms with Gasteiger partial charge in [-0.3, -0.25) is 9.59 Å². The molecule has 1 aliphatic rings. The number of hydrogen-bond acceptors (Lipinski definition) is 4. The van der Waals surface area contributed by atoms with E-state index in [9.17, 15) is 9.59 Å². The molecule has 2 rings (SSSR count). The molecule has 1 aliphatic heterocycles. The third-order valence-corrected chi connectivity index (χ3v) is 4.44. The Labute approximate surface area is 150 Å². The summed E-state index contributed by atoms with van der Waals surface area (Å²) in [7, 11) is 2.13. The van der Waals surface area contributed by atoms with Crippen molar-refractivity contribution in [3.63, 3.8) is 0 Å². The molecule has 138 valence electrons. The maximum atomic E-state index is 11.9. The number of benzene rings is 1. The van der Waals surface area contributed by atoms with Gasteiger partial charge < -0.3 is 20.4 Å². The van der Waals surface area contributed by atoms with Crippen molar-refractivity contribution in [2.75, 3.05) is 50.0 Å². The lowest BCUT2D eigenvalue weighted by atomic mass is 10.2. The van der Waals surface area contributed by atoms with Gasteiger partial charge in [-0.2, -0.15) is 0 Å². The number of carbonyl (C=O) groups excluding carboxylic acids is 2. The SMILES string of the molecule is CCCCCNC(=O)CC(=O)Nc1ccc(N2CCN(C)CC2)cc1. The van der Waals surface area contributed by atoms with Gasteiger partial charge in [0, 0.05) is 44.1 Å². The van der Waals surface area contributed by atoms with Gasteiger partial charge in [-0.1, -0.05) is 19.8 Å². The molecule has 6 heteroatoms. The average Bonchev–Trinajstić information content (AvgIpc) is 2.60. The lowest BCUT2D eigenvalue weighted by Gasteiger charge is -2.34. The number of likely N-dealkylation sites (N-methyl/N-ethyl adjacent to an activating group) is 1. The van der Waals surface area contributed by atoms with Crippen LogP contribution in [-0.4, -0.2) is 56.5 Å². The summed E-state index contributed by atoms with van der Waals surface area (Å²) in [5.74, 6) is -0.497. The van der Waals surface area contributed by atoms with E-state index < -0.39 is 0 Å². The summed E-state index contributed by atoms with van der Waals surface area (Å²) in [4.78, 5) is 28.3. The lowest BCUT2D eigenvalue weighted by Crippen LogP contribution is -2.44. The predicted molar refractivity (Wildman–Crippen MR) is 102 cm³/mol. The number of carbonyl (C=O) groups is 2. The van der Waals surface area contributed by atoms with Crippen molar-refractivity contribution in [3.05, 3.63) is 24.3 Å². The molecular formula is C19H30N4O2. The molecule has 1 aromatic rings. The van der Waals surface area contributed by atoms with Crippen LogP contribution in [0.25, 0.3) is 0 Å². The molecule has 1 aromatic carbocycles. The zero-order valence-corrected chi connectivity index (χ0v) is 15.4. The Morgan fingerprint density at radius 2 is 1.68 bits per heavy atom. The molecule has 0 spiro atoms. The fraction of sp³-hybridized carbons (Fsp3) is 0.579. The molecule has 0 radical (unpaired) electrons. The molecule has 1 saturated heterocycles. The quantitative estimate of drug-likeness (QED) is 0.559. The molecule has 0 aromatic heterocycles. The predicted octanol–water partition coefficient (Wildman–Crippen LogP) is 2.07. The van der Waals surface area contributed by atoms with E-state index in [4.69, 9.17) is 0 Å². The Morgan fingerprint density at radius 3 is 2.32 bits per heavy atom. The van der Waals surface area contributed by atoms with Crippen LogP contribution in [0.15, 0.2) is 24.3 Å². The van der Waals surface area contributed by atoms with Crippen molar-refractivity contribution < 1.29 is 9.59 Å². The Morgan fingerprint density at radius 1 is 1.00 bits per heavy atom. The molecular weight excluding hydrogens is 316 g/mol. The normalized spacial score (nSPS) is 15.0.